The van der Waals surface area contributed by atoms with Crippen molar-refractivity contribution < 1.29 is 18.8 Å². The molecule has 7 rings (SSSR count). The molecule has 0 aromatic carbocycles. The number of rotatable bonds is 7. The number of nitriles is 1. The van der Waals surface area contributed by atoms with Crippen molar-refractivity contribution >= 4 is 34.6 Å². The fourth-order valence-electron chi connectivity index (χ4n) is 8.34. The number of nitrogens with zero attached hydrogens (tertiary/aromatic N) is 10. The van der Waals surface area contributed by atoms with E-state index in [4.69, 9.17) is 28.9 Å². The standard InChI is InChI=1S/C37H50N10O4S/c1-35(2,3)50-34(48)47-19-17-46(18-20-47)28-21-25(40-33(41-28)49-27-12-9-14-37(27)15-10-16-45(37)7)30-42-32(51-43-30)36(4)13-8-11-26-29(36)24(22-38)31(52-26)39-23-44(5)6/h21,23,27H,8-20H2,1-7H3/t27?,36-,37?/m0/s1. The molecule has 1 amide bonds. The predicted octanol–water partition coefficient (Wildman–Crippen LogP) is 5.78. The number of carbonyl (C=O) groups excluding carboxylic acids is 1. The zero-order valence-electron chi connectivity index (χ0n) is 31.4. The molecule has 52 heavy (non-hydrogen) atoms. The van der Waals surface area contributed by atoms with Crippen LogP contribution in [-0.4, -0.2) is 118 Å². The molecule has 15 heteroatoms. The topological polar surface area (TPSA) is 149 Å². The molecule has 0 N–H and O–H groups in total. The Morgan fingerprint density at radius 1 is 1.12 bits per heavy atom. The van der Waals surface area contributed by atoms with Crippen molar-refractivity contribution in [1.82, 2.24) is 34.8 Å². The third kappa shape index (κ3) is 6.82. The van der Waals surface area contributed by atoms with E-state index in [1.54, 1.807) is 22.6 Å². The number of hydrogen-bond acceptors (Lipinski definition) is 13. The van der Waals surface area contributed by atoms with E-state index in [9.17, 15) is 10.1 Å². The number of amides is 1. The second kappa shape index (κ2) is 13.9. The van der Waals surface area contributed by atoms with E-state index in [0.29, 0.717) is 66.0 Å². The Morgan fingerprint density at radius 3 is 2.58 bits per heavy atom. The first-order chi connectivity index (χ1) is 24.8. The lowest BCUT2D eigenvalue weighted by Gasteiger charge is -2.38. The zero-order valence-corrected chi connectivity index (χ0v) is 32.3. The molecule has 0 bridgehead atoms. The van der Waals surface area contributed by atoms with Gasteiger partial charge in [0.2, 0.25) is 11.7 Å². The molecule has 3 aromatic heterocycles. The summed E-state index contributed by atoms with van der Waals surface area (Å²) in [7, 11) is 6.01. The molecule has 0 radical (unpaired) electrons. The molecule has 278 valence electrons. The lowest BCUT2D eigenvalue weighted by molar-refractivity contribution is 0.0239. The molecule has 2 unspecified atom stereocenters. The van der Waals surface area contributed by atoms with E-state index < -0.39 is 11.0 Å². The van der Waals surface area contributed by atoms with E-state index >= 15 is 0 Å². The highest BCUT2D eigenvalue weighted by Gasteiger charge is 2.50. The van der Waals surface area contributed by atoms with Crippen LogP contribution in [0.5, 0.6) is 6.01 Å². The number of carbonyl (C=O) groups is 1. The summed E-state index contributed by atoms with van der Waals surface area (Å²) in [6.45, 7) is 10.9. The fourth-order valence-corrected chi connectivity index (χ4v) is 9.60. The highest BCUT2D eigenvalue weighted by Crippen LogP contribution is 2.50. The smallest absolute Gasteiger partial charge is 0.410 e. The van der Waals surface area contributed by atoms with Crippen LogP contribution in [0.3, 0.4) is 0 Å². The molecule has 1 spiro atoms. The van der Waals surface area contributed by atoms with Gasteiger partial charge in [0.15, 0.2) is 0 Å². The summed E-state index contributed by atoms with van der Waals surface area (Å²) in [5, 5.41) is 15.5. The van der Waals surface area contributed by atoms with Gasteiger partial charge < -0.3 is 28.7 Å². The SMILES string of the molecule is CN(C)C=Nc1sc2c(c1C#N)[C@@](C)(c1nc(-c3cc(N4CCN(C(=O)OC(C)(C)C)CC4)nc(OC4CCCC45CCCN5C)n3)no1)CCC2. The molecular weight excluding hydrogens is 681 g/mol. The molecule has 2 saturated heterocycles. The predicted molar refractivity (Wildman–Crippen MR) is 198 cm³/mol. The Labute approximate surface area is 309 Å². The molecule has 3 atom stereocenters. The number of likely N-dealkylation sites (tertiary alicyclic amines) is 1. The van der Waals surface area contributed by atoms with Crippen molar-refractivity contribution in [2.75, 3.05) is 58.8 Å². The third-order valence-electron chi connectivity index (χ3n) is 11.0. The van der Waals surface area contributed by atoms with Crippen LogP contribution in [0.15, 0.2) is 15.6 Å². The molecule has 5 heterocycles. The van der Waals surface area contributed by atoms with Crippen molar-refractivity contribution in [2.24, 2.45) is 4.99 Å². The van der Waals surface area contributed by atoms with Gasteiger partial charge in [0.1, 0.15) is 34.3 Å². The van der Waals surface area contributed by atoms with Crippen LogP contribution in [0.25, 0.3) is 11.5 Å². The number of aromatic nitrogens is 4. The van der Waals surface area contributed by atoms with Crippen LogP contribution in [0.2, 0.25) is 0 Å². The minimum atomic E-state index is -0.664. The van der Waals surface area contributed by atoms with Crippen molar-refractivity contribution in [3.8, 4) is 23.6 Å². The van der Waals surface area contributed by atoms with Gasteiger partial charge >= 0.3 is 12.1 Å². The van der Waals surface area contributed by atoms with Gasteiger partial charge in [-0.3, -0.25) is 4.90 Å². The summed E-state index contributed by atoms with van der Waals surface area (Å²) >= 11 is 1.56. The largest absolute Gasteiger partial charge is 0.458 e. The maximum absolute atomic E-state index is 12.8. The highest BCUT2D eigenvalue weighted by molar-refractivity contribution is 7.16. The van der Waals surface area contributed by atoms with Crippen molar-refractivity contribution in [1.29, 1.82) is 5.26 Å². The van der Waals surface area contributed by atoms with Crippen LogP contribution in [-0.2, 0) is 16.6 Å². The Kier molecular flexibility index (Phi) is 9.66. The number of aliphatic imine (C=N–C) groups is 1. The Hall–Kier alpha value is -4.29. The lowest BCUT2D eigenvalue weighted by atomic mass is 9.72. The van der Waals surface area contributed by atoms with E-state index in [-0.39, 0.29) is 17.7 Å². The fraction of sp³-hybridized carbons (Fsp3) is 0.649. The highest BCUT2D eigenvalue weighted by atomic mass is 32.1. The Bertz CT molecular complexity index is 1870. The molecule has 3 fully saturated rings. The first kappa shape index (κ1) is 36.1. The average Bonchev–Trinajstić information content (AvgIpc) is 3.91. The second-order valence-electron chi connectivity index (χ2n) is 16.0. The minimum Gasteiger partial charge on any atom is -0.458 e. The number of anilines is 1. The Morgan fingerprint density at radius 2 is 1.88 bits per heavy atom. The second-order valence-corrected chi connectivity index (χ2v) is 17.1. The molecule has 2 aliphatic heterocycles. The van der Waals surface area contributed by atoms with E-state index in [2.05, 4.69) is 40.0 Å². The molecule has 3 aromatic rings. The van der Waals surface area contributed by atoms with Crippen LogP contribution >= 0.6 is 11.3 Å². The maximum atomic E-state index is 12.8. The molecule has 1 saturated carbocycles. The van der Waals surface area contributed by atoms with Gasteiger partial charge in [-0.25, -0.2) is 9.79 Å². The van der Waals surface area contributed by atoms with Gasteiger partial charge in [-0.15, -0.1) is 11.3 Å². The summed E-state index contributed by atoms with van der Waals surface area (Å²) in [4.78, 5) is 41.6. The molecule has 14 nitrogen and oxygen atoms in total. The van der Waals surface area contributed by atoms with Crippen LogP contribution < -0.4 is 9.64 Å². The van der Waals surface area contributed by atoms with E-state index in [1.807, 2.05) is 45.8 Å². The quantitative estimate of drug-likeness (QED) is 0.214. The number of aryl methyl sites for hydroxylation is 1. The van der Waals surface area contributed by atoms with E-state index in [1.165, 1.54) is 0 Å². The van der Waals surface area contributed by atoms with Gasteiger partial charge in [-0.05, 0) is 92.7 Å². The van der Waals surface area contributed by atoms with Crippen LogP contribution in [0, 0.1) is 11.3 Å². The monoisotopic (exact) mass is 730 g/mol. The number of fused-ring (bicyclic) bond motifs is 1. The average molecular weight is 731 g/mol. The summed E-state index contributed by atoms with van der Waals surface area (Å²) in [5.41, 5.74) is 0.748. The minimum absolute atomic E-state index is 0.0143. The number of piperazine rings is 1. The van der Waals surface area contributed by atoms with Crippen molar-refractivity contribution in [3.63, 3.8) is 0 Å². The van der Waals surface area contributed by atoms with Gasteiger partial charge in [0.25, 0.3) is 0 Å². The first-order valence-corrected chi connectivity index (χ1v) is 19.2. The molecular formula is C37H50N10O4S. The normalized spacial score (nSPS) is 25.2. The van der Waals surface area contributed by atoms with Gasteiger partial charge in [-0.2, -0.15) is 20.2 Å². The summed E-state index contributed by atoms with van der Waals surface area (Å²) in [6, 6.07) is 4.60. The summed E-state index contributed by atoms with van der Waals surface area (Å²) in [5.74, 6) is 1.46. The van der Waals surface area contributed by atoms with Crippen LogP contribution in [0.4, 0.5) is 15.6 Å². The third-order valence-corrected chi connectivity index (χ3v) is 12.1. The van der Waals surface area contributed by atoms with Gasteiger partial charge in [-0.1, -0.05) is 5.16 Å². The summed E-state index contributed by atoms with van der Waals surface area (Å²) < 4.78 is 18.4. The van der Waals surface area contributed by atoms with Crippen LogP contribution in [0.1, 0.15) is 94.5 Å². The zero-order chi connectivity index (χ0) is 36.8. The van der Waals surface area contributed by atoms with Crippen molar-refractivity contribution in [3.05, 3.63) is 28.0 Å². The summed E-state index contributed by atoms with van der Waals surface area (Å²) in [6.07, 6.45) is 9.31. The van der Waals surface area contributed by atoms with Gasteiger partial charge in [0, 0.05) is 56.8 Å². The van der Waals surface area contributed by atoms with Crippen molar-refractivity contribution in [2.45, 2.75) is 102 Å². The number of ether oxygens (including phenoxy) is 2. The molecule has 2 aliphatic carbocycles. The Balaban J connectivity index is 1.21. The molecule has 4 aliphatic rings. The number of thiophene rings is 1. The van der Waals surface area contributed by atoms with E-state index in [0.717, 1.165) is 68.4 Å². The maximum Gasteiger partial charge on any atom is 0.410 e. The van der Waals surface area contributed by atoms with Gasteiger partial charge in [0.05, 0.1) is 22.9 Å². The number of likely N-dealkylation sites (N-methyl/N-ethyl adjacent to an activating group) is 1. The first-order valence-electron chi connectivity index (χ1n) is 18.4. The lowest BCUT2D eigenvalue weighted by Crippen LogP contribution is -2.50. The number of hydrogen-bond donors (Lipinski definition) is 0.